The molecule has 2 aromatic carbocycles. The highest BCUT2D eigenvalue weighted by Gasteiger charge is 2.21. The molecule has 0 aliphatic rings. The summed E-state index contributed by atoms with van der Waals surface area (Å²) in [6.07, 6.45) is 0. The number of halogens is 2. The Balaban J connectivity index is 1.84. The van der Waals surface area contributed by atoms with Crippen molar-refractivity contribution in [3.8, 4) is 17.1 Å². The van der Waals surface area contributed by atoms with Gasteiger partial charge in [0.2, 0.25) is 5.82 Å². The maximum absolute atomic E-state index is 13.9. The van der Waals surface area contributed by atoms with E-state index in [4.69, 9.17) is 20.9 Å². The minimum Gasteiger partial charge on any atom is -0.488 e. The van der Waals surface area contributed by atoms with E-state index in [0.717, 1.165) is 0 Å². The first-order valence-electron chi connectivity index (χ1n) is 7.86. The van der Waals surface area contributed by atoms with Gasteiger partial charge in [-0.25, -0.2) is 4.39 Å². The Hall–Kier alpha value is -2.73. The zero-order valence-corrected chi connectivity index (χ0v) is 15.2. The van der Waals surface area contributed by atoms with Gasteiger partial charge in [0, 0.05) is 5.56 Å². The van der Waals surface area contributed by atoms with Gasteiger partial charge in [-0.2, -0.15) is 4.98 Å². The molecule has 0 saturated heterocycles. The summed E-state index contributed by atoms with van der Waals surface area (Å²) in [6, 6.07) is 10.8. The van der Waals surface area contributed by atoms with Gasteiger partial charge in [0.15, 0.2) is 0 Å². The fourth-order valence-electron chi connectivity index (χ4n) is 2.28. The van der Waals surface area contributed by atoms with Crippen LogP contribution in [0.2, 0.25) is 5.02 Å². The largest absolute Gasteiger partial charge is 0.488 e. The van der Waals surface area contributed by atoms with Crippen molar-refractivity contribution < 1.29 is 18.4 Å². The summed E-state index contributed by atoms with van der Waals surface area (Å²) in [7, 11) is 0. The molecule has 0 amide bonds. The molecule has 1 aromatic heterocycles. The summed E-state index contributed by atoms with van der Waals surface area (Å²) < 4.78 is 24.6. The van der Waals surface area contributed by atoms with Gasteiger partial charge in [0.05, 0.1) is 10.6 Å². The van der Waals surface area contributed by atoms with Gasteiger partial charge in [-0.3, -0.25) is 4.79 Å². The molecule has 134 valence electrons. The number of nitrogens with zero attached hydrogens (tertiary/aromatic N) is 2. The van der Waals surface area contributed by atoms with Crippen molar-refractivity contribution in [2.24, 2.45) is 0 Å². The van der Waals surface area contributed by atoms with Crippen LogP contribution in [0.3, 0.4) is 0 Å². The van der Waals surface area contributed by atoms with Crippen molar-refractivity contribution >= 4 is 17.4 Å². The minimum atomic E-state index is -0.596. The van der Waals surface area contributed by atoms with E-state index < -0.39 is 11.6 Å². The molecule has 5 nitrogen and oxygen atoms in total. The lowest BCUT2D eigenvalue weighted by Crippen LogP contribution is -2.22. The van der Waals surface area contributed by atoms with E-state index in [-0.39, 0.29) is 27.9 Å². The van der Waals surface area contributed by atoms with Crippen LogP contribution in [0.1, 0.15) is 37.0 Å². The number of rotatable bonds is 4. The monoisotopic (exact) mass is 374 g/mol. The smallest absolute Gasteiger partial charge is 0.299 e. The van der Waals surface area contributed by atoms with Crippen molar-refractivity contribution in [3.63, 3.8) is 0 Å². The van der Waals surface area contributed by atoms with E-state index in [1.165, 1.54) is 18.2 Å². The molecule has 3 rings (SSSR count). The number of ether oxygens (including phenoxy) is 1. The van der Waals surface area contributed by atoms with Gasteiger partial charge in [0.25, 0.3) is 11.7 Å². The van der Waals surface area contributed by atoms with Crippen LogP contribution in [0.15, 0.2) is 47.0 Å². The maximum atomic E-state index is 13.9. The van der Waals surface area contributed by atoms with Crippen molar-refractivity contribution in [1.82, 2.24) is 10.1 Å². The van der Waals surface area contributed by atoms with Crippen LogP contribution in [0.4, 0.5) is 4.39 Å². The maximum Gasteiger partial charge on any atom is 0.299 e. The molecule has 3 aromatic rings. The van der Waals surface area contributed by atoms with Crippen LogP contribution in [-0.2, 0) is 0 Å². The number of carbonyl (C=O) groups is 1. The third-order valence-electron chi connectivity index (χ3n) is 3.35. The zero-order valence-electron chi connectivity index (χ0n) is 14.4. The summed E-state index contributed by atoms with van der Waals surface area (Å²) in [6.45, 7) is 5.79. The van der Waals surface area contributed by atoms with Crippen LogP contribution in [-0.4, -0.2) is 21.5 Å². The molecule has 1 heterocycles. The van der Waals surface area contributed by atoms with Crippen LogP contribution in [0.25, 0.3) is 11.4 Å². The Kier molecular flexibility index (Phi) is 4.78. The van der Waals surface area contributed by atoms with Crippen molar-refractivity contribution in [1.29, 1.82) is 0 Å². The standard InChI is InChI=1S/C19H16ClFN2O3/c1-19(2,3)25-12-9-7-11(8-10-12)16(24)18-22-17(23-26-18)15-13(20)5-4-6-14(15)21/h4-10H,1-3H3. The second-order valence-electron chi connectivity index (χ2n) is 6.59. The Morgan fingerprint density at radius 3 is 2.46 bits per heavy atom. The number of ketones is 1. The van der Waals surface area contributed by atoms with Gasteiger partial charge in [-0.05, 0) is 57.2 Å². The molecular formula is C19H16ClFN2O3. The Bertz CT molecular complexity index is 926. The van der Waals surface area contributed by atoms with E-state index in [0.29, 0.717) is 11.3 Å². The number of hydrogen-bond acceptors (Lipinski definition) is 5. The predicted molar refractivity (Wildman–Crippen MR) is 95.0 cm³/mol. The van der Waals surface area contributed by atoms with E-state index in [2.05, 4.69) is 10.1 Å². The lowest BCUT2D eigenvalue weighted by atomic mass is 10.1. The zero-order chi connectivity index (χ0) is 18.9. The van der Waals surface area contributed by atoms with E-state index in [1.54, 1.807) is 24.3 Å². The van der Waals surface area contributed by atoms with Gasteiger partial charge < -0.3 is 9.26 Å². The summed E-state index contributed by atoms with van der Waals surface area (Å²) in [5.41, 5.74) is -0.00153. The van der Waals surface area contributed by atoms with E-state index in [1.807, 2.05) is 20.8 Å². The molecule has 0 radical (unpaired) electrons. The number of carbonyl (C=O) groups excluding carboxylic acids is 1. The molecule has 0 unspecified atom stereocenters. The molecule has 0 spiro atoms. The molecule has 0 N–H and O–H groups in total. The molecule has 0 saturated carbocycles. The second kappa shape index (κ2) is 6.88. The molecular weight excluding hydrogens is 359 g/mol. The molecule has 0 aliphatic carbocycles. The van der Waals surface area contributed by atoms with Crippen molar-refractivity contribution in [2.75, 3.05) is 0 Å². The Morgan fingerprint density at radius 2 is 1.85 bits per heavy atom. The first kappa shape index (κ1) is 18.1. The third-order valence-corrected chi connectivity index (χ3v) is 3.66. The summed E-state index contributed by atoms with van der Waals surface area (Å²) >= 11 is 5.98. The Labute approximate surface area is 154 Å². The average Bonchev–Trinajstić information content (AvgIpc) is 3.03. The number of aromatic nitrogens is 2. The van der Waals surface area contributed by atoms with Crippen molar-refractivity contribution in [3.05, 3.63) is 64.8 Å². The highest BCUT2D eigenvalue weighted by Crippen LogP contribution is 2.28. The Morgan fingerprint density at radius 1 is 1.15 bits per heavy atom. The van der Waals surface area contributed by atoms with Gasteiger partial charge >= 0.3 is 0 Å². The molecule has 0 atom stereocenters. The van der Waals surface area contributed by atoms with Gasteiger partial charge in [0.1, 0.15) is 17.2 Å². The minimum absolute atomic E-state index is 0.00843. The second-order valence-corrected chi connectivity index (χ2v) is 6.99. The predicted octanol–water partition coefficient (Wildman–Crippen LogP) is 4.94. The molecule has 0 bridgehead atoms. The average molecular weight is 375 g/mol. The van der Waals surface area contributed by atoms with Crippen LogP contribution in [0.5, 0.6) is 5.75 Å². The summed E-state index contributed by atoms with van der Waals surface area (Å²) in [5.74, 6) is -0.758. The SMILES string of the molecule is CC(C)(C)Oc1ccc(C(=O)c2nc(-c3c(F)cccc3Cl)no2)cc1. The first-order valence-corrected chi connectivity index (χ1v) is 8.24. The molecule has 7 heteroatoms. The molecule has 26 heavy (non-hydrogen) atoms. The number of benzene rings is 2. The lowest BCUT2D eigenvalue weighted by molar-refractivity contribution is 0.0994. The topological polar surface area (TPSA) is 65.2 Å². The molecule has 0 fully saturated rings. The van der Waals surface area contributed by atoms with Gasteiger partial charge in [-0.15, -0.1) is 0 Å². The quantitative estimate of drug-likeness (QED) is 0.605. The van der Waals surface area contributed by atoms with E-state index >= 15 is 0 Å². The fraction of sp³-hybridized carbons (Fsp3) is 0.211. The van der Waals surface area contributed by atoms with Crippen LogP contribution >= 0.6 is 11.6 Å². The summed E-state index contributed by atoms with van der Waals surface area (Å²) in [5, 5.41) is 3.80. The van der Waals surface area contributed by atoms with E-state index in [9.17, 15) is 9.18 Å². The van der Waals surface area contributed by atoms with Gasteiger partial charge in [-0.1, -0.05) is 22.8 Å². The van der Waals surface area contributed by atoms with Crippen molar-refractivity contribution in [2.45, 2.75) is 26.4 Å². The van der Waals surface area contributed by atoms with Crippen LogP contribution in [0, 0.1) is 5.82 Å². The normalized spacial score (nSPS) is 11.4. The highest BCUT2D eigenvalue weighted by atomic mass is 35.5. The fourth-order valence-corrected chi connectivity index (χ4v) is 2.53. The highest BCUT2D eigenvalue weighted by molar-refractivity contribution is 6.33. The molecule has 0 aliphatic heterocycles. The first-order chi connectivity index (χ1) is 12.2. The summed E-state index contributed by atoms with van der Waals surface area (Å²) in [4.78, 5) is 16.5. The lowest BCUT2D eigenvalue weighted by Gasteiger charge is -2.21. The number of hydrogen-bond donors (Lipinski definition) is 0. The third kappa shape index (κ3) is 3.91. The van der Waals surface area contributed by atoms with Crippen LogP contribution < -0.4 is 4.74 Å².